The Balaban J connectivity index is 1.86. The first kappa shape index (κ1) is 12.4. The predicted molar refractivity (Wildman–Crippen MR) is 66.9 cm³/mol. The third kappa shape index (κ3) is 3.22. The van der Waals surface area contributed by atoms with Gasteiger partial charge in [-0.3, -0.25) is 4.79 Å². The molecule has 2 aliphatic rings. The molecule has 0 aliphatic carbocycles. The summed E-state index contributed by atoms with van der Waals surface area (Å²) in [5, 5.41) is 0. The number of rotatable bonds is 2. The molecular formula is C12H21NO2S. The summed E-state index contributed by atoms with van der Waals surface area (Å²) in [5.74, 6) is 1.68. The number of ketones is 1. The lowest BCUT2D eigenvalue weighted by atomic mass is 9.99. The zero-order valence-electron chi connectivity index (χ0n) is 10.2. The summed E-state index contributed by atoms with van der Waals surface area (Å²) in [4.78, 5) is 14.1. The van der Waals surface area contributed by atoms with Gasteiger partial charge in [-0.2, -0.15) is 11.8 Å². The Morgan fingerprint density at radius 3 is 3.06 bits per heavy atom. The summed E-state index contributed by atoms with van der Waals surface area (Å²) in [5.41, 5.74) is 0. The normalized spacial score (nSPS) is 31.6. The second-order valence-corrected chi connectivity index (χ2v) is 7.13. The molecule has 2 fully saturated rings. The molecule has 0 aromatic carbocycles. The van der Waals surface area contributed by atoms with Gasteiger partial charge in [0.05, 0.1) is 19.1 Å². The number of hydrogen-bond donors (Lipinski definition) is 0. The van der Waals surface area contributed by atoms with Crippen molar-refractivity contribution in [3.05, 3.63) is 0 Å². The van der Waals surface area contributed by atoms with Crippen LogP contribution in [0.25, 0.3) is 0 Å². The maximum absolute atomic E-state index is 11.7. The Morgan fingerprint density at radius 1 is 1.56 bits per heavy atom. The predicted octanol–water partition coefficient (Wildman–Crippen LogP) is 1.42. The van der Waals surface area contributed by atoms with E-state index >= 15 is 0 Å². The molecule has 0 N–H and O–H groups in total. The summed E-state index contributed by atoms with van der Waals surface area (Å²) in [7, 11) is 0. The smallest absolute Gasteiger partial charge is 0.141 e. The van der Waals surface area contributed by atoms with Crippen LogP contribution < -0.4 is 0 Å². The molecule has 1 atom stereocenters. The van der Waals surface area contributed by atoms with E-state index in [2.05, 4.69) is 18.7 Å². The van der Waals surface area contributed by atoms with Gasteiger partial charge in [0.2, 0.25) is 0 Å². The van der Waals surface area contributed by atoms with Crippen molar-refractivity contribution in [3.8, 4) is 0 Å². The van der Waals surface area contributed by atoms with Crippen molar-refractivity contribution < 1.29 is 9.53 Å². The van der Waals surface area contributed by atoms with Crippen LogP contribution in [-0.4, -0.2) is 54.0 Å². The molecule has 3 nitrogen and oxygen atoms in total. The number of ether oxygens (including phenoxy) is 1. The second kappa shape index (κ2) is 5.07. The van der Waals surface area contributed by atoms with Gasteiger partial charge in [0.25, 0.3) is 0 Å². The van der Waals surface area contributed by atoms with E-state index in [1.807, 2.05) is 11.8 Å². The van der Waals surface area contributed by atoms with Crippen LogP contribution in [0, 0.1) is 5.92 Å². The molecule has 92 valence electrons. The Hall–Kier alpha value is -0.0600. The standard InChI is InChI=1S/C12H21NO2S/c1-12(2)9-13(4-6-16-12)7-10-8-15-5-3-11(10)14/h10H,3-9H2,1-2H3. The molecule has 0 spiro atoms. The summed E-state index contributed by atoms with van der Waals surface area (Å²) < 4.78 is 5.72. The molecule has 0 aromatic heterocycles. The van der Waals surface area contributed by atoms with Gasteiger partial charge >= 0.3 is 0 Å². The van der Waals surface area contributed by atoms with Crippen molar-refractivity contribution in [1.82, 2.24) is 4.90 Å². The van der Waals surface area contributed by atoms with E-state index in [-0.39, 0.29) is 5.92 Å². The van der Waals surface area contributed by atoms with E-state index in [1.165, 1.54) is 5.75 Å². The van der Waals surface area contributed by atoms with E-state index < -0.39 is 0 Å². The largest absolute Gasteiger partial charge is 0.380 e. The van der Waals surface area contributed by atoms with Crippen molar-refractivity contribution in [1.29, 1.82) is 0 Å². The quantitative estimate of drug-likeness (QED) is 0.733. The lowest BCUT2D eigenvalue weighted by molar-refractivity contribution is -0.131. The zero-order chi connectivity index (χ0) is 11.6. The average Bonchev–Trinajstić information content (AvgIpc) is 2.20. The fourth-order valence-corrected chi connectivity index (χ4v) is 3.61. The first-order chi connectivity index (χ1) is 7.57. The van der Waals surface area contributed by atoms with E-state index in [0.29, 0.717) is 30.2 Å². The third-order valence-corrected chi connectivity index (χ3v) is 4.55. The van der Waals surface area contributed by atoms with Crippen molar-refractivity contribution in [2.24, 2.45) is 5.92 Å². The van der Waals surface area contributed by atoms with Gasteiger partial charge in [0, 0.05) is 36.6 Å². The van der Waals surface area contributed by atoms with E-state index in [4.69, 9.17) is 4.74 Å². The fraction of sp³-hybridized carbons (Fsp3) is 0.917. The molecule has 2 rings (SSSR count). The number of Topliss-reactive ketones (excluding diaryl/α,β-unsaturated/α-hetero) is 1. The Bertz CT molecular complexity index is 268. The Labute approximate surface area is 102 Å². The highest BCUT2D eigenvalue weighted by molar-refractivity contribution is 8.00. The van der Waals surface area contributed by atoms with Crippen LogP contribution in [0.15, 0.2) is 0 Å². The summed E-state index contributed by atoms with van der Waals surface area (Å²) >= 11 is 2.03. The molecule has 0 radical (unpaired) electrons. The van der Waals surface area contributed by atoms with Crippen molar-refractivity contribution in [2.45, 2.75) is 25.0 Å². The highest BCUT2D eigenvalue weighted by atomic mass is 32.2. The molecule has 0 saturated carbocycles. The van der Waals surface area contributed by atoms with E-state index in [1.54, 1.807) is 0 Å². The first-order valence-electron chi connectivity index (χ1n) is 6.04. The second-order valence-electron chi connectivity index (χ2n) is 5.33. The van der Waals surface area contributed by atoms with Gasteiger partial charge in [-0.1, -0.05) is 0 Å². The minimum absolute atomic E-state index is 0.118. The number of carbonyl (C=O) groups excluding carboxylic acids is 1. The molecular weight excluding hydrogens is 222 g/mol. The maximum atomic E-state index is 11.7. The topological polar surface area (TPSA) is 29.5 Å². The number of thioether (sulfide) groups is 1. The summed E-state index contributed by atoms with van der Waals surface area (Å²) in [6.07, 6.45) is 0.608. The third-order valence-electron chi connectivity index (χ3n) is 3.25. The minimum atomic E-state index is 0.118. The van der Waals surface area contributed by atoms with Gasteiger partial charge in [0.1, 0.15) is 5.78 Å². The molecule has 4 heteroatoms. The average molecular weight is 243 g/mol. The number of hydrogen-bond acceptors (Lipinski definition) is 4. The Kier molecular flexibility index (Phi) is 3.93. The molecule has 0 aromatic rings. The zero-order valence-corrected chi connectivity index (χ0v) is 11.0. The van der Waals surface area contributed by atoms with Crippen molar-refractivity contribution >= 4 is 17.5 Å². The molecule has 2 saturated heterocycles. The van der Waals surface area contributed by atoms with Crippen molar-refractivity contribution in [2.75, 3.05) is 38.6 Å². The van der Waals surface area contributed by atoms with Gasteiger partial charge in [-0.15, -0.1) is 0 Å². The van der Waals surface area contributed by atoms with Gasteiger partial charge < -0.3 is 9.64 Å². The lowest BCUT2D eigenvalue weighted by Crippen LogP contribution is -2.47. The molecule has 0 bridgehead atoms. The van der Waals surface area contributed by atoms with Crippen LogP contribution >= 0.6 is 11.8 Å². The summed E-state index contributed by atoms with van der Waals surface area (Å²) in [6.45, 7) is 8.90. The molecule has 1 unspecified atom stereocenters. The highest BCUT2D eigenvalue weighted by Crippen LogP contribution is 2.30. The van der Waals surface area contributed by atoms with E-state index in [0.717, 1.165) is 19.6 Å². The van der Waals surface area contributed by atoms with Crippen LogP contribution in [0.1, 0.15) is 20.3 Å². The van der Waals surface area contributed by atoms with Crippen LogP contribution in [0.3, 0.4) is 0 Å². The SMILES string of the molecule is CC1(C)CN(CC2COCCC2=O)CCS1. The Morgan fingerprint density at radius 2 is 2.38 bits per heavy atom. The first-order valence-corrected chi connectivity index (χ1v) is 7.02. The van der Waals surface area contributed by atoms with Gasteiger partial charge in [-0.25, -0.2) is 0 Å². The minimum Gasteiger partial charge on any atom is -0.380 e. The van der Waals surface area contributed by atoms with Crippen LogP contribution in [-0.2, 0) is 9.53 Å². The molecule has 2 aliphatic heterocycles. The van der Waals surface area contributed by atoms with Gasteiger partial charge in [0.15, 0.2) is 0 Å². The van der Waals surface area contributed by atoms with Crippen LogP contribution in [0.4, 0.5) is 0 Å². The highest BCUT2D eigenvalue weighted by Gasteiger charge is 2.31. The maximum Gasteiger partial charge on any atom is 0.141 e. The van der Waals surface area contributed by atoms with E-state index in [9.17, 15) is 4.79 Å². The molecule has 2 heterocycles. The van der Waals surface area contributed by atoms with Crippen LogP contribution in [0.5, 0.6) is 0 Å². The number of carbonyl (C=O) groups is 1. The monoisotopic (exact) mass is 243 g/mol. The van der Waals surface area contributed by atoms with Crippen molar-refractivity contribution in [3.63, 3.8) is 0 Å². The number of nitrogens with zero attached hydrogens (tertiary/aromatic N) is 1. The molecule has 0 amide bonds. The van der Waals surface area contributed by atoms with Gasteiger partial charge in [-0.05, 0) is 13.8 Å². The van der Waals surface area contributed by atoms with Crippen LogP contribution in [0.2, 0.25) is 0 Å². The summed E-state index contributed by atoms with van der Waals surface area (Å²) in [6, 6.07) is 0. The lowest BCUT2D eigenvalue weighted by Gasteiger charge is -2.39. The molecule has 16 heavy (non-hydrogen) atoms. The fourth-order valence-electron chi connectivity index (χ4n) is 2.43.